The van der Waals surface area contributed by atoms with Gasteiger partial charge in [-0.3, -0.25) is 0 Å². The SMILES string of the molecule is CCCNCc1cc2cc(c1)[C@@H]1NC[C@](C)(O)CC#C[C@H](C3(O)CCCCC3)C[C@H]3C[C@]([C@@H]4CCN[C@H](NC)C4)(C/C=C4\OC(=O)C5=C4CC[C@]46/C=C/[C@H](NCC2)c2cccc(c2)-c2ccc(O)cc2C2=C7C(=O)O/C(=C\[C@H](CCO)Cc8ccccc8)[C@]7(CC[C@@H]24)[C@@H]56)C[C@H]31. The molecule has 2 spiro atoms. The van der Waals surface area contributed by atoms with Crippen LogP contribution in [0.4, 0.5) is 0 Å². The molecule has 13 aliphatic rings. The number of benzene rings is 4. The molecular formula is C82H99N5O8. The van der Waals surface area contributed by atoms with Crippen molar-refractivity contribution < 1.29 is 39.5 Å². The van der Waals surface area contributed by atoms with E-state index in [0.717, 1.165) is 136 Å². The van der Waals surface area contributed by atoms with Crippen molar-refractivity contribution in [3.05, 3.63) is 177 Å². The van der Waals surface area contributed by atoms with E-state index in [0.29, 0.717) is 87.1 Å². The lowest BCUT2D eigenvalue weighted by molar-refractivity contribution is -0.135. The summed E-state index contributed by atoms with van der Waals surface area (Å²) in [6.07, 6.45) is 24.7. The molecule has 6 aliphatic heterocycles. The quantitative estimate of drug-likeness (QED) is 0.0282. The number of fused-ring (bicyclic) bond motifs is 9. The second-order valence-corrected chi connectivity index (χ2v) is 31.0. The van der Waals surface area contributed by atoms with Gasteiger partial charge in [0.1, 0.15) is 17.3 Å². The summed E-state index contributed by atoms with van der Waals surface area (Å²) in [5.74, 6) is 6.99. The molecule has 0 radical (unpaired) electrons. The molecule has 13 nitrogen and oxygen atoms in total. The number of ether oxygens (including phenoxy) is 2. The zero-order valence-electron chi connectivity index (χ0n) is 56.0. The minimum atomic E-state index is -1.14. The van der Waals surface area contributed by atoms with Crippen LogP contribution in [0.5, 0.6) is 5.75 Å². The number of rotatable bonds is 12. The van der Waals surface area contributed by atoms with Gasteiger partial charge in [-0.1, -0.05) is 123 Å². The van der Waals surface area contributed by atoms with Gasteiger partial charge in [-0.25, -0.2) is 9.59 Å². The van der Waals surface area contributed by atoms with Crippen molar-refractivity contribution in [1.82, 2.24) is 26.6 Å². The van der Waals surface area contributed by atoms with Gasteiger partial charge in [-0.2, -0.15) is 0 Å². The zero-order chi connectivity index (χ0) is 65.3. The third kappa shape index (κ3) is 11.8. The van der Waals surface area contributed by atoms with Gasteiger partial charge in [-0.15, -0.1) is 0 Å². The maximum absolute atomic E-state index is 16.1. The van der Waals surface area contributed by atoms with Gasteiger partial charge in [0.05, 0.1) is 34.4 Å². The number of piperidine rings is 1. The molecule has 13 heteroatoms. The number of phenolic OH excluding ortho intramolecular Hbond substituents is 1. The van der Waals surface area contributed by atoms with Gasteiger partial charge in [0.15, 0.2) is 0 Å². The summed E-state index contributed by atoms with van der Waals surface area (Å²) >= 11 is 0. The number of carbonyl (C=O) groups excluding carboxylic acids is 2. The van der Waals surface area contributed by atoms with Crippen LogP contribution in [-0.2, 0) is 38.4 Å². The van der Waals surface area contributed by atoms with Crippen LogP contribution in [0.1, 0.15) is 175 Å². The lowest BCUT2D eigenvalue weighted by atomic mass is 9.38. The monoisotopic (exact) mass is 1280 g/mol. The van der Waals surface area contributed by atoms with Gasteiger partial charge < -0.3 is 56.5 Å². The highest BCUT2D eigenvalue weighted by atomic mass is 16.6. The number of phenols is 1. The summed E-state index contributed by atoms with van der Waals surface area (Å²) in [4.78, 5) is 31.8. The first kappa shape index (κ1) is 64.5. The highest BCUT2D eigenvalue weighted by molar-refractivity contribution is 6.08. The molecule has 9 N–H and O–H groups in total. The number of hydrogen-bond acceptors (Lipinski definition) is 13. The number of aromatic hydroxyl groups is 1. The van der Waals surface area contributed by atoms with Gasteiger partial charge in [0, 0.05) is 67.1 Å². The van der Waals surface area contributed by atoms with Gasteiger partial charge in [0.25, 0.3) is 0 Å². The first-order valence-corrected chi connectivity index (χ1v) is 36.4. The number of cyclic esters (lactones) is 1. The molecule has 500 valence electrons. The zero-order valence-corrected chi connectivity index (χ0v) is 56.0. The molecule has 95 heavy (non-hydrogen) atoms. The van der Waals surface area contributed by atoms with E-state index < -0.39 is 33.9 Å². The highest BCUT2D eigenvalue weighted by Crippen LogP contribution is 2.77. The average molecular weight is 1280 g/mol. The number of β-amino-alcohol motifs (C(OH)–C–C–N with tert-alkyl or cyclic N) is 1. The summed E-state index contributed by atoms with van der Waals surface area (Å²) in [6.45, 7) is 7.56. The van der Waals surface area contributed by atoms with Crippen molar-refractivity contribution >= 4 is 17.5 Å². The number of esters is 2. The molecule has 14 bridgehead atoms. The number of allylic oxidation sites excluding steroid dienone is 6. The standard InChI is InChI=1S/C82H99N5O8/c1-4-34-84-49-54-39-52-24-35-85-67-22-32-80-31-20-63-68(23-30-79(59-25-36-86-70(45-59)83-3)47-58-44-60(81(93)28-9-6-10-29-81)17-12-27-78(2,92)50-87-74(65(58)48-79)57(40-52)41-54)94-76(90)72(63)75(80)82-33-21-66(80)71(64-46-61(89)18-19-62(64)55-15-11-16-56(67)43-55)73(82)77(91)95-69(82)42-53(26-37-88)38-51-13-7-5-8-14-51/h5,7-8,11,13-16,18-19,22-23,32,39-43,46,53,58-60,65-67,70,74-75,83-89,92-93H,4,6,9-10,20-21,24-31,33-38,44-45,47-50H2,1-3H3/b32-22+,68-23-,69-42-/t53-,58+,59-,60+,65-,66+,67+,70+,74+,75+,78-,79-,80+,82+/m1/s1. The van der Waals surface area contributed by atoms with E-state index in [1.807, 2.05) is 37.3 Å². The van der Waals surface area contributed by atoms with E-state index in [-0.39, 0.29) is 77.5 Å². The maximum Gasteiger partial charge on any atom is 0.340 e. The Labute approximate surface area is 562 Å². The van der Waals surface area contributed by atoms with Crippen LogP contribution in [-0.4, -0.2) is 89.6 Å². The minimum Gasteiger partial charge on any atom is -0.508 e. The average Bonchev–Trinajstić information content (AvgIpc) is 1.60. The third-order valence-corrected chi connectivity index (χ3v) is 25.2. The van der Waals surface area contributed by atoms with Crippen LogP contribution in [0.25, 0.3) is 16.7 Å². The third-order valence-electron chi connectivity index (χ3n) is 25.2. The van der Waals surface area contributed by atoms with E-state index in [1.165, 1.54) is 16.7 Å². The lowest BCUT2D eigenvalue weighted by Gasteiger charge is -2.62. The molecule has 17 rings (SSSR count). The summed E-state index contributed by atoms with van der Waals surface area (Å²) < 4.78 is 13.9. The van der Waals surface area contributed by atoms with E-state index in [2.05, 4.69) is 131 Å². The van der Waals surface area contributed by atoms with Crippen LogP contribution in [0.3, 0.4) is 0 Å². The molecule has 3 saturated carbocycles. The fourth-order valence-electron chi connectivity index (χ4n) is 20.8. The second kappa shape index (κ2) is 26.1. The number of nitrogens with one attached hydrogen (secondary N) is 5. The largest absolute Gasteiger partial charge is 0.508 e. The molecule has 14 atom stereocenters. The van der Waals surface area contributed by atoms with Crippen molar-refractivity contribution in [1.29, 1.82) is 0 Å². The molecule has 4 aromatic rings. The molecule has 5 fully saturated rings. The summed E-state index contributed by atoms with van der Waals surface area (Å²) in [6, 6.07) is 31.5. The Bertz CT molecular complexity index is 3850. The second-order valence-electron chi connectivity index (χ2n) is 31.0. The summed E-state index contributed by atoms with van der Waals surface area (Å²) in [5.41, 5.74) is 7.45. The van der Waals surface area contributed by atoms with Crippen molar-refractivity contribution in [3.8, 4) is 28.7 Å². The van der Waals surface area contributed by atoms with E-state index in [9.17, 15) is 20.4 Å². The van der Waals surface area contributed by atoms with Gasteiger partial charge in [-0.05, 0) is 245 Å². The smallest absolute Gasteiger partial charge is 0.340 e. The van der Waals surface area contributed by atoms with E-state index >= 15 is 9.59 Å². The van der Waals surface area contributed by atoms with Crippen molar-refractivity contribution in [2.45, 2.75) is 178 Å². The fraction of sp³-hybridized carbons (Fsp3) is 0.537. The Kier molecular flexibility index (Phi) is 17.7. The van der Waals surface area contributed by atoms with Crippen molar-refractivity contribution in [2.24, 2.45) is 57.7 Å². The molecule has 6 heterocycles. The predicted octanol–water partition coefficient (Wildman–Crippen LogP) is 12.4. The van der Waals surface area contributed by atoms with E-state index in [1.54, 1.807) is 6.07 Å². The van der Waals surface area contributed by atoms with Crippen LogP contribution in [0.2, 0.25) is 0 Å². The molecular weight excluding hydrogens is 1180 g/mol. The molecule has 0 amide bonds. The Hall–Kier alpha value is -6.44. The summed E-state index contributed by atoms with van der Waals surface area (Å²) in [7, 11) is 2.06. The summed E-state index contributed by atoms with van der Waals surface area (Å²) in [5, 5.41) is 67.4. The Morgan fingerprint density at radius 1 is 0.821 bits per heavy atom. The number of hydrogen-bond donors (Lipinski definition) is 9. The molecule has 2 saturated heterocycles. The number of carbonyl (C=O) groups is 2. The minimum absolute atomic E-state index is 0.0570. The van der Waals surface area contributed by atoms with Gasteiger partial charge >= 0.3 is 11.9 Å². The molecule has 0 aromatic heterocycles. The Morgan fingerprint density at radius 3 is 2.52 bits per heavy atom. The predicted molar refractivity (Wildman–Crippen MR) is 370 cm³/mol. The highest BCUT2D eigenvalue weighted by Gasteiger charge is 2.73. The van der Waals surface area contributed by atoms with Crippen molar-refractivity contribution in [2.75, 3.05) is 39.8 Å². The normalized spacial score (nSPS) is 35.4. The Morgan fingerprint density at radius 2 is 1.68 bits per heavy atom. The van der Waals surface area contributed by atoms with Crippen LogP contribution < -0.4 is 26.6 Å². The van der Waals surface area contributed by atoms with Crippen LogP contribution >= 0.6 is 0 Å². The lowest BCUT2D eigenvalue weighted by Crippen LogP contribution is -2.58. The Balaban J connectivity index is 0.964. The molecule has 4 aromatic carbocycles. The van der Waals surface area contributed by atoms with Crippen LogP contribution in [0.15, 0.2) is 144 Å². The molecule has 7 aliphatic carbocycles. The van der Waals surface area contributed by atoms with Crippen molar-refractivity contribution in [3.63, 3.8) is 0 Å². The maximum atomic E-state index is 16.1. The number of aliphatic hydroxyl groups excluding tert-OH is 1. The van der Waals surface area contributed by atoms with Crippen LogP contribution in [0, 0.1) is 69.5 Å². The topological polar surface area (TPSA) is 194 Å². The van der Waals surface area contributed by atoms with E-state index in [4.69, 9.17) is 9.47 Å². The molecule has 0 unspecified atom stereocenters. The van der Waals surface area contributed by atoms with Gasteiger partial charge in [0.2, 0.25) is 0 Å². The fourth-order valence-corrected chi connectivity index (χ4v) is 20.8. The first-order valence-electron chi connectivity index (χ1n) is 36.4. The first-order chi connectivity index (χ1) is 46.1. The number of aliphatic hydroxyl groups is 3.